The van der Waals surface area contributed by atoms with Gasteiger partial charge in [-0.25, -0.2) is 0 Å². The minimum Gasteiger partial charge on any atom is -0.504 e. The van der Waals surface area contributed by atoms with Crippen LogP contribution in [0.15, 0.2) is 18.2 Å². The van der Waals surface area contributed by atoms with Crippen LogP contribution < -0.4 is 0 Å². The molecular weight excluding hydrogens is 312 g/mol. The smallest absolute Gasteiger partial charge is 0.245 e. The molecule has 23 heavy (non-hydrogen) atoms. The third-order valence-corrected chi connectivity index (χ3v) is 3.66. The van der Waals surface area contributed by atoms with Gasteiger partial charge in [0.2, 0.25) is 12.1 Å². The van der Waals surface area contributed by atoms with Gasteiger partial charge in [-0.1, -0.05) is 6.07 Å². The van der Waals surface area contributed by atoms with E-state index in [1.807, 2.05) is 0 Å². The number of benzene rings is 1. The third kappa shape index (κ3) is 3.72. The lowest BCUT2D eigenvalue weighted by Crippen LogP contribution is -2.67. The van der Waals surface area contributed by atoms with E-state index in [9.17, 15) is 30.6 Å². The Bertz CT molecular complexity index is 533. The fourth-order valence-corrected chi connectivity index (χ4v) is 2.25. The highest BCUT2D eigenvalue weighted by molar-refractivity contribution is 5.40. The molecule has 0 aromatic heterocycles. The average Bonchev–Trinajstić information content (AvgIpc) is 2.51. The third-order valence-electron chi connectivity index (χ3n) is 3.66. The maximum absolute atomic E-state index is 9.81. The molecular formula is C14H20O9. The monoisotopic (exact) mass is 332 g/mol. The molecule has 1 fully saturated rings. The normalized spacial score (nSPS) is 30.3. The van der Waals surface area contributed by atoms with E-state index in [0.29, 0.717) is 5.56 Å². The van der Waals surface area contributed by atoms with Gasteiger partial charge in [-0.3, -0.25) is 0 Å². The van der Waals surface area contributed by atoms with E-state index in [2.05, 4.69) is 0 Å². The van der Waals surface area contributed by atoms with Crippen molar-refractivity contribution in [3.05, 3.63) is 23.8 Å². The van der Waals surface area contributed by atoms with Gasteiger partial charge in [0.15, 0.2) is 11.5 Å². The highest BCUT2D eigenvalue weighted by Gasteiger charge is 2.54. The average molecular weight is 332 g/mol. The Morgan fingerprint density at radius 3 is 2.43 bits per heavy atom. The van der Waals surface area contributed by atoms with Crippen molar-refractivity contribution in [2.24, 2.45) is 0 Å². The Morgan fingerprint density at radius 1 is 1.13 bits per heavy atom. The lowest BCUT2D eigenvalue weighted by molar-refractivity contribution is -0.404. The molecule has 1 aromatic carbocycles. The van der Waals surface area contributed by atoms with E-state index >= 15 is 0 Å². The van der Waals surface area contributed by atoms with Crippen LogP contribution in [0, 0.1) is 0 Å². The number of aromatic hydroxyl groups is 2. The molecule has 9 nitrogen and oxygen atoms in total. The number of aliphatic hydroxyl groups is 5. The first kappa shape index (κ1) is 17.9. The summed E-state index contributed by atoms with van der Waals surface area (Å²) >= 11 is 0. The molecule has 0 spiro atoms. The van der Waals surface area contributed by atoms with Gasteiger partial charge in [0.05, 0.1) is 13.2 Å². The number of phenols is 2. The first-order valence-electron chi connectivity index (χ1n) is 6.97. The molecule has 1 heterocycles. The summed E-state index contributed by atoms with van der Waals surface area (Å²) in [5, 5.41) is 66.5. The van der Waals surface area contributed by atoms with Gasteiger partial charge >= 0.3 is 0 Å². The summed E-state index contributed by atoms with van der Waals surface area (Å²) in [6, 6.07) is 4.16. The van der Waals surface area contributed by atoms with Gasteiger partial charge in [-0.15, -0.1) is 0 Å². The van der Waals surface area contributed by atoms with Crippen LogP contribution in [0.3, 0.4) is 0 Å². The zero-order chi connectivity index (χ0) is 17.2. The van der Waals surface area contributed by atoms with E-state index in [1.165, 1.54) is 12.1 Å². The Kier molecular flexibility index (Phi) is 5.42. The zero-order valence-electron chi connectivity index (χ0n) is 12.1. The molecule has 0 amide bonds. The van der Waals surface area contributed by atoms with Gasteiger partial charge in [-0.2, -0.15) is 0 Å². The number of ether oxygens (including phenoxy) is 2. The van der Waals surface area contributed by atoms with Gasteiger partial charge in [-0.05, 0) is 24.1 Å². The first-order chi connectivity index (χ1) is 10.8. The first-order valence-corrected chi connectivity index (χ1v) is 6.97. The predicted molar refractivity (Wildman–Crippen MR) is 74.4 cm³/mol. The molecule has 1 aromatic rings. The quantitative estimate of drug-likeness (QED) is 0.234. The van der Waals surface area contributed by atoms with Gasteiger partial charge < -0.3 is 45.2 Å². The van der Waals surface area contributed by atoms with Crippen molar-refractivity contribution in [2.45, 2.75) is 36.8 Å². The minimum atomic E-state index is -2.85. The molecule has 0 aliphatic carbocycles. The molecule has 1 saturated heterocycles. The Morgan fingerprint density at radius 2 is 1.83 bits per heavy atom. The number of hydrogen-bond donors (Lipinski definition) is 7. The molecule has 2 rings (SSSR count). The Hall–Kier alpha value is -1.46. The van der Waals surface area contributed by atoms with Crippen molar-refractivity contribution in [3.8, 4) is 11.5 Å². The zero-order valence-corrected chi connectivity index (χ0v) is 12.1. The molecule has 0 saturated carbocycles. The van der Waals surface area contributed by atoms with Crippen LogP contribution in [0.4, 0.5) is 0 Å². The van der Waals surface area contributed by atoms with Crippen molar-refractivity contribution >= 4 is 0 Å². The van der Waals surface area contributed by atoms with Crippen LogP contribution >= 0.6 is 0 Å². The molecule has 4 atom stereocenters. The van der Waals surface area contributed by atoms with Crippen molar-refractivity contribution in [1.29, 1.82) is 0 Å². The van der Waals surface area contributed by atoms with Crippen LogP contribution in [0.2, 0.25) is 0 Å². The van der Waals surface area contributed by atoms with Crippen LogP contribution in [0.25, 0.3) is 0 Å². The highest BCUT2D eigenvalue weighted by Crippen LogP contribution is 2.29. The van der Waals surface area contributed by atoms with Crippen LogP contribution in [0.1, 0.15) is 5.56 Å². The summed E-state index contributed by atoms with van der Waals surface area (Å²) in [4.78, 5) is 0. The Labute approximate surface area is 131 Å². The lowest BCUT2D eigenvalue weighted by atomic mass is 9.96. The van der Waals surface area contributed by atoms with Crippen molar-refractivity contribution < 1.29 is 45.2 Å². The lowest BCUT2D eigenvalue weighted by Gasteiger charge is -2.44. The second-order valence-electron chi connectivity index (χ2n) is 5.35. The molecule has 0 radical (unpaired) electrons. The topological polar surface area (TPSA) is 160 Å². The molecule has 1 aliphatic heterocycles. The summed E-state index contributed by atoms with van der Waals surface area (Å²) < 4.78 is 10.2. The van der Waals surface area contributed by atoms with Gasteiger partial charge in [0.25, 0.3) is 0 Å². The van der Waals surface area contributed by atoms with Crippen LogP contribution in [-0.4, -0.2) is 79.3 Å². The summed E-state index contributed by atoms with van der Waals surface area (Å²) in [5.41, 5.74) is 0.608. The van der Waals surface area contributed by atoms with Gasteiger partial charge in [0, 0.05) is 0 Å². The fraction of sp³-hybridized carbons (Fsp3) is 0.571. The minimum absolute atomic E-state index is 0.0707. The molecule has 1 aliphatic rings. The van der Waals surface area contributed by atoms with Crippen molar-refractivity contribution in [2.75, 3.05) is 13.2 Å². The number of rotatable bonds is 5. The maximum atomic E-state index is 9.81. The molecule has 9 heteroatoms. The summed E-state index contributed by atoms with van der Waals surface area (Å²) in [7, 11) is 0. The summed E-state index contributed by atoms with van der Waals surface area (Å²) in [6.45, 7) is -0.710. The van der Waals surface area contributed by atoms with E-state index in [4.69, 9.17) is 14.6 Å². The summed E-state index contributed by atoms with van der Waals surface area (Å²) in [6.07, 6.45) is -6.31. The highest BCUT2D eigenvalue weighted by atomic mass is 16.7. The molecule has 0 unspecified atom stereocenters. The second-order valence-corrected chi connectivity index (χ2v) is 5.35. The maximum Gasteiger partial charge on any atom is 0.245 e. The molecule has 0 bridgehead atoms. The van der Waals surface area contributed by atoms with Crippen LogP contribution in [-0.2, 0) is 15.9 Å². The van der Waals surface area contributed by atoms with Gasteiger partial charge in [0.1, 0.15) is 18.3 Å². The standard InChI is InChI=1S/C14H20O9/c15-6-10-11(18)12(19)14(20,21)13(23-10)22-4-3-7-1-2-8(16)9(17)5-7/h1-2,5,10-13,15-21H,3-4,6H2/t10-,11-,12+,13-/m1/s1. The molecule has 7 N–H and O–H groups in total. The predicted octanol–water partition coefficient (Wildman–Crippen LogP) is -2.22. The number of phenolic OH excluding ortho intramolecular Hbond substituents is 2. The largest absolute Gasteiger partial charge is 0.504 e. The SMILES string of the molecule is OC[C@H]1O[C@@H](OCCc2ccc(O)c(O)c2)C(O)(O)[C@@H](O)[C@@H]1O. The fourth-order valence-electron chi connectivity index (χ4n) is 2.25. The van der Waals surface area contributed by atoms with Crippen molar-refractivity contribution in [1.82, 2.24) is 0 Å². The number of hydrogen-bond acceptors (Lipinski definition) is 9. The van der Waals surface area contributed by atoms with E-state index in [-0.39, 0.29) is 24.5 Å². The second kappa shape index (κ2) is 6.97. The van der Waals surface area contributed by atoms with E-state index < -0.39 is 37.0 Å². The Balaban J connectivity index is 1.96. The van der Waals surface area contributed by atoms with E-state index in [1.54, 1.807) is 6.07 Å². The van der Waals surface area contributed by atoms with E-state index in [0.717, 1.165) is 0 Å². The molecule has 130 valence electrons. The van der Waals surface area contributed by atoms with Crippen molar-refractivity contribution in [3.63, 3.8) is 0 Å². The number of aliphatic hydroxyl groups excluding tert-OH is 3. The summed E-state index contributed by atoms with van der Waals surface area (Å²) in [5.74, 6) is -3.41. The van der Waals surface area contributed by atoms with Crippen LogP contribution in [0.5, 0.6) is 11.5 Å².